The Morgan fingerprint density at radius 2 is 1.81 bits per heavy atom. The molecule has 2 aromatic carbocycles. The van der Waals surface area contributed by atoms with Gasteiger partial charge in [0.05, 0.1) is 6.04 Å². The van der Waals surface area contributed by atoms with Crippen LogP contribution >= 0.6 is 0 Å². The maximum Gasteiger partial charge on any atom is 0.124 e. The second kappa shape index (κ2) is 3.65. The number of hydrogen-bond acceptors (Lipinski definition) is 2. The molecule has 0 radical (unpaired) electrons. The SMILES string of the molecule is NC1COc2ccc(-c3ccccc3)cc21. The second-order valence-electron chi connectivity index (χ2n) is 4.04. The number of benzene rings is 2. The standard InChI is InChI=1S/C14H13NO/c15-13-9-16-14-7-6-11(8-12(13)14)10-4-2-1-3-5-10/h1-8,13H,9,15H2. The van der Waals surface area contributed by atoms with Gasteiger partial charge in [-0.15, -0.1) is 0 Å². The summed E-state index contributed by atoms with van der Waals surface area (Å²) in [6.07, 6.45) is 0. The van der Waals surface area contributed by atoms with Gasteiger partial charge in [-0.25, -0.2) is 0 Å². The minimum absolute atomic E-state index is 0.0127. The predicted molar refractivity (Wildman–Crippen MR) is 64.3 cm³/mol. The Balaban J connectivity index is 2.08. The Labute approximate surface area is 94.7 Å². The molecule has 0 aromatic heterocycles. The molecule has 0 bridgehead atoms. The minimum atomic E-state index is 0.0127. The van der Waals surface area contributed by atoms with Crippen LogP contribution in [0.5, 0.6) is 5.75 Å². The van der Waals surface area contributed by atoms with Gasteiger partial charge in [0, 0.05) is 5.56 Å². The van der Waals surface area contributed by atoms with E-state index in [9.17, 15) is 0 Å². The minimum Gasteiger partial charge on any atom is -0.491 e. The third kappa shape index (κ3) is 1.48. The van der Waals surface area contributed by atoms with Crippen molar-refractivity contribution in [2.75, 3.05) is 6.61 Å². The maximum atomic E-state index is 5.97. The largest absolute Gasteiger partial charge is 0.491 e. The fourth-order valence-electron chi connectivity index (χ4n) is 2.05. The van der Waals surface area contributed by atoms with Crippen LogP contribution in [0.2, 0.25) is 0 Å². The number of hydrogen-bond donors (Lipinski definition) is 1. The topological polar surface area (TPSA) is 35.2 Å². The molecule has 2 heteroatoms. The first-order chi connectivity index (χ1) is 7.84. The molecule has 1 unspecified atom stereocenters. The number of nitrogens with two attached hydrogens (primary N) is 1. The van der Waals surface area contributed by atoms with Gasteiger partial charge in [-0.2, -0.15) is 0 Å². The van der Waals surface area contributed by atoms with Crippen molar-refractivity contribution in [3.8, 4) is 16.9 Å². The van der Waals surface area contributed by atoms with Crippen LogP contribution < -0.4 is 10.5 Å². The van der Waals surface area contributed by atoms with E-state index in [0.29, 0.717) is 6.61 Å². The van der Waals surface area contributed by atoms with E-state index < -0.39 is 0 Å². The summed E-state index contributed by atoms with van der Waals surface area (Å²) in [7, 11) is 0. The Morgan fingerprint density at radius 1 is 1.00 bits per heavy atom. The van der Waals surface area contributed by atoms with Crippen LogP contribution in [0.4, 0.5) is 0 Å². The summed E-state index contributed by atoms with van der Waals surface area (Å²) in [6, 6.07) is 16.5. The van der Waals surface area contributed by atoms with Gasteiger partial charge in [0.1, 0.15) is 12.4 Å². The zero-order valence-corrected chi connectivity index (χ0v) is 8.89. The molecule has 1 aliphatic heterocycles. The molecule has 3 rings (SSSR count). The van der Waals surface area contributed by atoms with Crippen LogP contribution in [0.1, 0.15) is 11.6 Å². The van der Waals surface area contributed by atoms with E-state index in [4.69, 9.17) is 10.5 Å². The van der Waals surface area contributed by atoms with E-state index in [1.54, 1.807) is 0 Å². The average molecular weight is 211 g/mol. The Bertz CT molecular complexity index is 507. The molecule has 0 saturated carbocycles. The van der Waals surface area contributed by atoms with Crippen LogP contribution in [0.15, 0.2) is 48.5 Å². The zero-order valence-electron chi connectivity index (χ0n) is 8.89. The Kier molecular flexibility index (Phi) is 2.15. The van der Waals surface area contributed by atoms with Gasteiger partial charge < -0.3 is 10.5 Å². The summed E-state index contributed by atoms with van der Waals surface area (Å²) in [4.78, 5) is 0. The molecule has 2 aromatic rings. The molecular weight excluding hydrogens is 198 g/mol. The number of rotatable bonds is 1. The van der Waals surface area contributed by atoms with Crippen LogP contribution in [0.3, 0.4) is 0 Å². The molecule has 1 aliphatic rings. The number of ether oxygens (including phenoxy) is 1. The zero-order chi connectivity index (χ0) is 11.0. The highest BCUT2D eigenvalue weighted by atomic mass is 16.5. The molecule has 1 heterocycles. The summed E-state index contributed by atoms with van der Waals surface area (Å²) >= 11 is 0. The van der Waals surface area contributed by atoms with E-state index in [0.717, 1.165) is 11.3 Å². The van der Waals surface area contributed by atoms with Crippen molar-refractivity contribution in [2.24, 2.45) is 5.73 Å². The number of fused-ring (bicyclic) bond motifs is 1. The van der Waals surface area contributed by atoms with Crippen molar-refractivity contribution >= 4 is 0 Å². The third-order valence-corrected chi connectivity index (χ3v) is 2.93. The van der Waals surface area contributed by atoms with E-state index in [1.807, 2.05) is 24.3 Å². The van der Waals surface area contributed by atoms with Gasteiger partial charge in [-0.05, 0) is 23.3 Å². The van der Waals surface area contributed by atoms with E-state index in [-0.39, 0.29) is 6.04 Å². The van der Waals surface area contributed by atoms with Crippen molar-refractivity contribution in [2.45, 2.75) is 6.04 Å². The first kappa shape index (κ1) is 9.43. The van der Waals surface area contributed by atoms with Gasteiger partial charge in [0.25, 0.3) is 0 Å². The van der Waals surface area contributed by atoms with Crippen LogP contribution in [-0.2, 0) is 0 Å². The fraction of sp³-hybridized carbons (Fsp3) is 0.143. The van der Waals surface area contributed by atoms with Gasteiger partial charge in [-0.1, -0.05) is 36.4 Å². The van der Waals surface area contributed by atoms with E-state index in [1.165, 1.54) is 11.1 Å². The van der Waals surface area contributed by atoms with Crippen molar-refractivity contribution in [1.29, 1.82) is 0 Å². The summed E-state index contributed by atoms with van der Waals surface area (Å²) in [6.45, 7) is 0.591. The van der Waals surface area contributed by atoms with Gasteiger partial charge >= 0.3 is 0 Å². The first-order valence-corrected chi connectivity index (χ1v) is 5.42. The molecule has 16 heavy (non-hydrogen) atoms. The molecular formula is C14H13NO. The van der Waals surface area contributed by atoms with E-state index in [2.05, 4.69) is 24.3 Å². The summed E-state index contributed by atoms with van der Waals surface area (Å²) in [5.74, 6) is 0.923. The quantitative estimate of drug-likeness (QED) is 0.787. The smallest absolute Gasteiger partial charge is 0.124 e. The molecule has 0 fully saturated rings. The molecule has 0 spiro atoms. The third-order valence-electron chi connectivity index (χ3n) is 2.93. The van der Waals surface area contributed by atoms with Crippen molar-refractivity contribution in [3.63, 3.8) is 0 Å². The molecule has 0 aliphatic carbocycles. The summed E-state index contributed by atoms with van der Waals surface area (Å²) in [5.41, 5.74) is 9.49. The monoisotopic (exact) mass is 211 g/mol. The molecule has 0 saturated heterocycles. The van der Waals surface area contributed by atoms with Crippen molar-refractivity contribution in [3.05, 3.63) is 54.1 Å². The molecule has 80 valence electrons. The highest BCUT2D eigenvalue weighted by molar-refractivity contribution is 5.66. The summed E-state index contributed by atoms with van der Waals surface area (Å²) in [5, 5.41) is 0. The van der Waals surface area contributed by atoms with Crippen molar-refractivity contribution in [1.82, 2.24) is 0 Å². The van der Waals surface area contributed by atoms with Crippen LogP contribution in [-0.4, -0.2) is 6.61 Å². The van der Waals surface area contributed by atoms with Crippen LogP contribution in [0.25, 0.3) is 11.1 Å². The second-order valence-corrected chi connectivity index (χ2v) is 4.04. The molecule has 1 atom stereocenters. The first-order valence-electron chi connectivity index (χ1n) is 5.42. The normalized spacial score (nSPS) is 17.9. The van der Waals surface area contributed by atoms with Crippen LogP contribution in [0, 0.1) is 0 Å². The molecule has 2 nitrogen and oxygen atoms in total. The molecule has 2 N–H and O–H groups in total. The highest BCUT2D eigenvalue weighted by Crippen LogP contribution is 2.34. The van der Waals surface area contributed by atoms with Crippen molar-refractivity contribution < 1.29 is 4.74 Å². The highest BCUT2D eigenvalue weighted by Gasteiger charge is 2.20. The summed E-state index contributed by atoms with van der Waals surface area (Å²) < 4.78 is 5.48. The lowest BCUT2D eigenvalue weighted by atomic mass is 10.0. The lowest BCUT2D eigenvalue weighted by Crippen LogP contribution is -2.10. The average Bonchev–Trinajstić information content (AvgIpc) is 2.72. The Hall–Kier alpha value is -1.80. The molecule has 0 amide bonds. The predicted octanol–water partition coefficient (Wildman–Crippen LogP) is 2.75. The van der Waals surface area contributed by atoms with Gasteiger partial charge in [-0.3, -0.25) is 0 Å². The lowest BCUT2D eigenvalue weighted by Gasteiger charge is -2.05. The van der Waals surface area contributed by atoms with Gasteiger partial charge in [0.15, 0.2) is 0 Å². The fourth-order valence-corrected chi connectivity index (χ4v) is 2.05. The lowest BCUT2D eigenvalue weighted by molar-refractivity contribution is 0.333. The van der Waals surface area contributed by atoms with Gasteiger partial charge in [0.2, 0.25) is 0 Å². The maximum absolute atomic E-state index is 5.97. The Morgan fingerprint density at radius 3 is 2.62 bits per heavy atom. The van der Waals surface area contributed by atoms with E-state index >= 15 is 0 Å².